The molecule has 0 aliphatic heterocycles. The molecule has 2 nitrogen and oxygen atoms in total. The van der Waals surface area contributed by atoms with Crippen LogP contribution in [0, 0.1) is 6.92 Å². The summed E-state index contributed by atoms with van der Waals surface area (Å²) in [6.07, 6.45) is 0. The molecule has 1 aromatic heterocycles. The third kappa shape index (κ3) is 2.95. The minimum absolute atomic E-state index is 0. The van der Waals surface area contributed by atoms with Crippen molar-refractivity contribution in [1.29, 1.82) is 0 Å². The smallest absolute Gasteiger partial charge is 0.578 e. The summed E-state index contributed by atoms with van der Waals surface area (Å²) in [4.78, 5) is 0. The van der Waals surface area contributed by atoms with Crippen molar-refractivity contribution >= 4 is 0 Å². The maximum Gasteiger partial charge on any atom is 1.00 e. The molecule has 0 amide bonds. The van der Waals surface area contributed by atoms with Gasteiger partial charge in [-0.05, 0) is 12.8 Å². The summed E-state index contributed by atoms with van der Waals surface area (Å²) in [5, 5.41) is 7.85. The van der Waals surface area contributed by atoms with Gasteiger partial charge in [0.1, 0.15) is 0 Å². The Morgan fingerprint density at radius 2 is 2.10 bits per heavy atom. The molecule has 3 heteroatoms. The van der Waals surface area contributed by atoms with E-state index in [0.29, 0.717) is 5.92 Å². The molecule has 0 fully saturated rings. The van der Waals surface area contributed by atoms with E-state index in [1.54, 1.807) is 0 Å². The molecule has 0 bridgehead atoms. The van der Waals surface area contributed by atoms with Crippen molar-refractivity contribution in [2.24, 2.45) is 0 Å². The van der Waals surface area contributed by atoms with Crippen LogP contribution in [-0.4, -0.2) is 5.10 Å². The van der Waals surface area contributed by atoms with Crippen molar-refractivity contribution in [3.05, 3.63) is 17.5 Å². The average Bonchev–Trinajstić information content (AvgIpc) is 2.14. The van der Waals surface area contributed by atoms with Gasteiger partial charge in [0.25, 0.3) is 0 Å². The van der Waals surface area contributed by atoms with Crippen LogP contribution in [0.3, 0.4) is 0 Å². The maximum absolute atomic E-state index is 3.97. The van der Waals surface area contributed by atoms with Crippen LogP contribution in [-0.2, 0) is 0 Å². The van der Waals surface area contributed by atoms with Crippen molar-refractivity contribution in [3.63, 3.8) is 0 Å². The molecule has 1 aromatic rings. The van der Waals surface area contributed by atoms with E-state index in [0.717, 1.165) is 11.4 Å². The van der Waals surface area contributed by atoms with E-state index in [4.69, 9.17) is 0 Å². The summed E-state index contributed by atoms with van der Waals surface area (Å²) in [5.74, 6) is 0.506. The van der Waals surface area contributed by atoms with Gasteiger partial charge in [-0.2, -0.15) is 0 Å². The Balaban J connectivity index is 0.000000810. The monoisotopic (exact) mass is 208 g/mol. The first kappa shape index (κ1) is 11.0. The molecule has 0 aromatic carbocycles. The Hall–Kier alpha value is 1.02. The van der Waals surface area contributed by atoms with Crippen LogP contribution >= 0.6 is 0 Å². The van der Waals surface area contributed by atoms with E-state index in [1.807, 2.05) is 13.0 Å². The number of nitrogens with zero attached hydrogens (tertiary/aromatic N) is 2. The molecular weight excluding hydrogens is 198 g/mol. The van der Waals surface area contributed by atoms with Crippen LogP contribution in [0.25, 0.3) is 0 Å². The Morgan fingerprint density at radius 1 is 1.50 bits per heavy atom. The van der Waals surface area contributed by atoms with Gasteiger partial charge in [-0.15, -0.1) is 5.69 Å². The molecule has 0 radical (unpaired) electrons. The van der Waals surface area contributed by atoms with Crippen LogP contribution in [0.5, 0.6) is 0 Å². The standard InChI is InChI=1S/C7H11N2.Rb/c1-5(2)7-4-6(3)8-9-7;/h4-5H,1-3H3;/q-1;+1. The van der Waals surface area contributed by atoms with E-state index in [-0.39, 0.29) is 58.2 Å². The molecule has 0 saturated heterocycles. The van der Waals surface area contributed by atoms with Crippen molar-refractivity contribution in [3.8, 4) is 0 Å². The molecule has 50 valence electrons. The second kappa shape index (κ2) is 4.81. The van der Waals surface area contributed by atoms with Crippen LogP contribution in [0.1, 0.15) is 31.2 Å². The summed E-state index contributed by atoms with van der Waals surface area (Å²) >= 11 is 0. The van der Waals surface area contributed by atoms with Gasteiger partial charge in [0.2, 0.25) is 0 Å². The van der Waals surface area contributed by atoms with Gasteiger partial charge in [-0.1, -0.05) is 19.9 Å². The third-order valence-corrected chi connectivity index (χ3v) is 1.27. The number of hydrogen-bond acceptors (Lipinski definition) is 1. The van der Waals surface area contributed by atoms with Gasteiger partial charge in [0.15, 0.2) is 0 Å². The van der Waals surface area contributed by atoms with E-state index in [1.165, 1.54) is 0 Å². The molecule has 0 aliphatic rings. The molecule has 0 unspecified atom stereocenters. The predicted octanol–water partition coefficient (Wildman–Crippen LogP) is -1.53. The molecule has 0 saturated carbocycles. The first-order chi connectivity index (χ1) is 4.20. The zero-order chi connectivity index (χ0) is 6.85. The zero-order valence-electron chi connectivity index (χ0n) is 7.05. The van der Waals surface area contributed by atoms with Crippen LogP contribution < -0.4 is 63.3 Å². The third-order valence-electron chi connectivity index (χ3n) is 1.27. The fraction of sp³-hybridized carbons (Fsp3) is 0.571. The number of hydrogen-bond donors (Lipinski definition) is 0. The van der Waals surface area contributed by atoms with Crippen molar-refractivity contribution in [1.82, 2.24) is 10.2 Å². The predicted molar refractivity (Wildman–Crippen MR) is 36.4 cm³/mol. The summed E-state index contributed by atoms with van der Waals surface area (Å²) in [6, 6.07) is 2.02. The van der Waals surface area contributed by atoms with E-state index >= 15 is 0 Å². The largest absolute Gasteiger partial charge is 1.00 e. The molecular formula is C7H11N2Rb. The number of aryl methyl sites for hydroxylation is 1. The molecule has 10 heavy (non-hydrogen) atoms. The minimum Gasteiger partial charge on any atom is -0.578 e. The van der Waals surface area contributed by atoms with Crippen LogP contribution in [0.15, 0.2) is 6.07 Å². The quantitative estimate of drug-likeness (QED) is 0.560. The van der Waals surface area contributed by atoms with Gasteiger partial charge in [0.05, 0.1) is 0 Å². The van der Waals surface area contributed by atoms with Crippen LogP contribution in [0.2, 0.25) is 0 Å². The van der Waals surface area contributed by atoms with Crippen molar-refractivity contribution in [2.75, 3.05) is 0 Å². The fourth-order valence-corrected chi connectivity index (χ4v) is 0.690. The Kier molecular flexibility index (Phi) is 5.29. The summed E-state index contributed by atoms with van der Waals surface area (Å²) < 4.78 is 0. The number of aromatic nitrogens is 2. The SMILES string of the molecule is Cc1cc(C(C)C)[n-]n1.[Rb+]. The zero-order valence-corrected chi connectivity index (χ0v) is 12.0. The van der Waals surface area contributed by atoms with E-state index < -0.39 is 0 Å². The molecule has 0 N–H and O–H groups in total. The fourth-order valence-electron chi connectivity index (χ4n) is 0.690. The summed E-state index contributed by atoms with van der Waals surface area (Å²) in [6.45, 7) is 6.19. The molecule has 0 atom stereocenters. The van der Waals surface area contributed by atoms with Crippen LogP contribution in [0.4, 0.5) is 0 Å². The van der Waals surface area contributed by atoms with Gasteiger partial charge in [0, 0.05) is 5.69 Å². The van der Waals surface area contributed by atoms with Crippen molar-refractivity contribution < 1.29 is 58.2 Å². The Labute approximate surface area is 111 Å². The summed E-state index contributed by atoms with van der Waals surface area (Å²) in [7, 11) is 0. The van der Waals surface area contributed by atoms with E-state index in [9.17, 15) is 0 Å². The topological polar surface area (TPSA) is 27.0 Å². The van der Waals surface area contributed by atoms with E-state index in [2.05, 4.69) is 24.0 Å². The molecule has 0 aliphatic carbocycles. The maximum atomic E-state index is 3.97. The average molecular weight is 209 g/mol. The minimum atomic E-state index is 0. The van der Waals surface area contributed by atoms with Gasteiger partial charge < -0.3 is 10.2 Å². The molecule has 1 heterocycles. The summed E-state index contributed by atoms with van der Waals surface area (Å²) in [5.41, 5.74) is 2.10. The number of rotatable bonds is 1. The molecule has 0 spiro atoms. The molecule has 1 rings (SSSR count). The Morgan fingerprint density at radius 3 is 2.30 bits per heavy atom. The van der Waals surface area contributed by atoms with Crippen molar-refractivity contribution in [2.45, 2.75) is 26.7 Å². The Bertz CT molecular complexity index is 193. The first-order valence-electron chi connectivity index (χ1n) is 3.17. The second-order valence-corrected chi connectivity index (χ2v) is 2.57. The second-order valence-electron chi connectivity index (χ2n) is 2.57. The van der Waals surface area contributed by atoms with Gasteiger partial charge in [-0.25, -0.2) is 0 Å². The normalized spacial score (nSPS) is 9.60. The van der Waals surface area contributed by atoms with Gasteiger partial charge >= 0.3 is 58.2 Å². The van der Waals surface area contributed by atoms with Gasteiger partial charge in [-0.3, -0.25) is 0 Å². The first-order valence-corrected chi connectivity index (χ1v) is 3.17.